The Bertz CT molecular complexity index is 128. The SMILES string of the molecule is C[C@@H]1CC2CCC1(C)C2. The summed E-state index contributed by atoms with van der Waals surface area (Å²) in [6.45, 7) is 4.91. The smallest absolute Gasteiger partial charge is 0.0297 e. The molecule has 0 spiro atoms. The van der Waals surface area contributed by atoms with Crippen LogP contribution in [-0.2, 0) is 0 Å². The predicted octanol–water partition coefficient (Wildman–Crippen LogP) is 2.83. The minimum absolute atomic E-state index is 0.769. The van der Waals surface area contributed by atoms with Gasteiger partial charge in [0.1, 0.15) is 0 Å². The first kappa shape index (κ1) is 5.76. The zero-order valence-corrected chi connectivity index (χ0v) is 6.48. The fourth-order valence-electron chi connectivity index (χ4n) is 2.83. The second kappa shape index (κ2) is 1.53. The van der Waals surface area contributed by atoms with E-state index in [4.69, 9.17) is 0 Å². The van der Waals surface area contributed by atoms with Crippen molar-refractivity contribution in [2.75, 3.05) is 0 Å². The summed E-state index contributed by atoms with van der Waals surface area (Å²) < 4.78 is 0. The molecule has 0 amide bonds. The largest absolute Gasteiger partial charge is 0.0620 e. The lowest BCUT2D eigenvalue weighted by Gasteiger charge is -2.27. The van der Waals surface area contributed by atoms with Crippen molar-refractivity contribution in [2.45, 2.75) is 39.5 Å². The van der Waals surface area contributed by atoms with Gasteiger partial charge in [0.15, 0.2) is 0 Å². The summed E-state index contributed by atoms with van der Waals surface area (Å²) in [5.41, 5.74) is 0.769. The van der Waals surface area contributed by atoms with Gasteiger partial charge in [-0.3, -0.25) is 0 Å². The van der Waals surface area contributed by atoms with Crippen LogP contribution in [0.15, 0.2) is 0 Å². The van der Waals surface area contributed by atoms with Crippen molar-refractivity contribution in [3.05, 3.63) is 0 Å². The van der Waals surface area contributed by atoms with Crippen LogP contribution in [0.3, 0.4) is 0 Å². The normalized spacial score (nSPS) is 56.7. The minimum Gasteiger partial charge on any atom is -0.0620 e. The van der Waals surface area contributed by atoms with Crippen LogP contribution in [0.2, 0.25) is 0 Å². The van der Waals surface area contributed by atoms with Gasteiger partial charge in [-0.05, 0) is 42.9 Å². The molecule has 2 rings (SSSR count). The van der Waals surface area contributed by atoms with Crippen molar-refractivity contribution in [2.24, 2.45) is 17.3 Å². The lowest BCUT2D eigenvalue weighted by atomic mass is 9.78. The van der Waals surface area contributed by atoms with Gasteiger partial charge in [-0.2, -0.15) is 0 Å². The van der Waals surface area contributed by atoms with Crippen molar-refractivity contribution >= 4 is 0 Å². The van der Waals surface area contributed by atoms with Crippen molar-refractivity contribution in [1.82, 2.24) is 0 Å². The fourth-order valence-corrected chi connectivity index (χ4v) is 2.83. The first-order chi connectivity index (χ1) is 4.21. The van der Waals surface area contributed by atoms with Crippen LogP contribution in [-0.4, -0.2) is 0 Å². The summed E-state index contributed by atoms with van der Waals surface area (Å²) in [6, 6.07) is 0. The maximum Gasteiger partial charge on any atom is -0.0297 e. The molecule has 0 heteroatoms. The Morgan fingerprint density at radius 1 is 1.44 bits per heavy atom. The molecule has 52 valence electrons. The van der Waals surface area contributed by atoms with Crippen LogP contribution in [0.1, 0.15) is 39.5 Å². The molecule has 2 fully saturated rings. The first-order valence-electron chi connectivity index (χ1n) is 4.21. The van der Waals surface area contributed by atoms with Crippen LogP contribution in [0.4, 0.5) is 0 Å². The lowest BCUT2D eigenvalue weighted by molar-refractivity contribution is 0.229. The minimum atomic E-state index is 0.769. The molecule has 2 bridgehead atoms. The summed E-state index contributed by atoms with van der Waals surface area (Å²) in [5.74, 6) is 2.14. The van der Waals surface area contributed by atoms with Gasteiger partial charge in [0, 0.05) is 0 Å². The van der Waals surface area contributed by atoms with Gasteiger partial charge in [0.05, 0.1) is 0 Å². The third kappa shape index (κ3) is 0.653. The third-order valence-corrected chi connectivity index (χ3v) is 3.76. The van der Waals surface area contributed by atoms with Crippen molar-refractivity contribution in [1.29, 1.82) is 0 Å². The standard InChI is InChI=1S/C9H16/c1-7-5-8-3-4-9(7,2)6-8/h7-8H,3-6H2,1-2H3/t7-,8?,9?/m1/s1. The van der Waals surface area contributed by atoms with Gasteiger partial charge >= 0.3 is 0 Å². The average Bonchev–Trinajstić information content (AvgIpc) is 2.22. The highest BCUT2D eigenvalue weighted by atomic mass is 14.5. The molecule has 0 aromatic heterocycles. The fraction of sp³-hybridized carbons (Fsp3) is 1.00. The van der Waals surface area contributed by atoms with E-state index in [-0.39, 0.29) is 0 Å². The van der Waals surface area contributed by atoms with Crippen molar-refractivity contribution in [3.8, 4) is 0 Å². The van der Waals surface area contributed by atoms with E-state index in [1.165, 1.54) is 25.7 Å². The van der Waals surface area contributed by atoms with E-state index in [0.717, 1.165) is 17.3 Å². The summed E-state index contributed by atoms with van der Waals surface area (Å²) in [6.07, 6.45) is 6.10. The van der Waals surface area contributed by atoms with E-state index in [9.17, 15) is 0 Å². The zero-order chi connectivity index (χ0) is 6.48. The van der Waals surface area contributed by atoms with Gasteiger partial charge in [0.2, 0.25) is 0 Å². The summed E-state index contributed by atoms with van der Waals surface area (Å²) in [5, 5.41) is 0. The molecule has 2 aliphatic rings. The van der Waals surface area contributed by atoms with E-state index < -0.39 is 0 Å². The molecular weight excluding hydrogens is 108 g/mol. The summed E-state index contributed by atoms with van der Waals surface area (Å²) >= 11 is 0. The Morgan fingerprint density at radius 2 is 2.22 bits per heavy atom. The molecule has 0 radical (unpaired) electrons. The molecule has 2 saturated carbocycles. The van der Waals surface area contributed by atoms with E-state index in [1.807, 2.05) is 0 Å². The average molecular weight is 124 g/mol. The molecule has 0 aromatic rings. The van der Waals surface area contributed by atoms with Gasteiger partial charge in [-0.1, -0.05) is 13.8 Å². The van der Waals surface area contributed by atoms with Crippen LogP contribution >= 0.6 is 0 Å². The third-order valence-electron chi connectivity index (χ3n) is 3.76. The second-order valence-corrected chi connectivity index (χ2v) is 4.40. The topological polar surface area (TPSA) is 0 Å². The highest BCUT2D eigenvalue weighted by Crippen LogP contribution is 2.56. The van der Waals surface area contributed by atoms with E-state index in [0.29, 0.717) is 0 Å². The molecule has 0 N–H and O–H groups in total. The van der Waals surface area contributed by atoms with Crippen molar-refractivity contribution in [3.63, 3.8) is 0 Å². The summed E-state index contributed by atoms with van der Waals surface area (Å²) in [7, 11) is 0. The first-order valence-corrected chi connectivity index (χ1v) is 4.21. The van der Waals surface area contributed by atoms with Crippen LogP contribution in [0.5, 0.6) is 0 Å². The van der Waals surface area contributed by atoms with E-state index in [1.54, 1.807) is 0 Å². The monoisotopic (exact) mass is 124 g/mol. The predicted molar refractivity (Wildman–Crippen MR) is 39.2 cm³/mol. The molecule has 9 heavy (non-hydrogen) atoms. The van der Waals surface area contributed by atoms with Crippen LogP contribution < -0.4 is 0 Å². The Balaban J connectivity index is 2.22. The van der Waals surface area contributed by atoms with Gasteiger partial charge in [-0.25, -0.2) is 0 Å². The maximum absolute atomic E-state index is 2.48. The van der Waals surface area contributed by atoms with Crippen molar-refractivity contribution < 1.29 is 0 Å². The molecular formula is C9H16. The molecule has 0 aromatic carbocycles. The van der Waals surface area contributed by atoms with Gasteiger partial charge < -0.3 is 0 Å². The van der Waals surface area contributed by atoms with Crippen LogP contribution in [0.25, 0.3) is 0 Å². The molecule has 0 aliphatic heterocycles. The lowest BCUT2D eigenvalue weighted by Crippen LogP contribution is -2.18. The highest BCUT2D eigenvalue weighted by Gasteiger charge is 2.46. The molecule has 2 aliphatic carbocycles. The Kier molecular flexibility index (Phi) is 0.980. The molecule has 0 nitrogen and oxygen atoms in total. The Hall–Kier alpha value is 0. The number of hydrogen-bond donors (Lipinski definition) is 0. The second-order valence-electron chi connectivity index (χ2n) is 4.40. The number of fused-ring (bicyclic) bond motifs is 2. The van der Waals surface area contributed by atoms with Gasteiger partial charge in [0.25, 0.3) is 0 Å². The van der Waals surface area contributed by atoms with E-state index in [2.05, 4.69) is 13.8 Å². The van der Waals surface area contributed by atoms with Gasteiger partial charge in [-0.15, -0.1) is 0 Å². The van der Waals surface area contributed by atoms with Crippen LogP contribution in [0, 0.1) is 17.3 Å². The molecule has 0 heterocycles. The number of hydrogen-bond acceptors (Lipinski definition) is 0. The highest BCUT2D eigenvalue weighted by molar-refractivity contribution is 4.96. The molecule has 3 atom stereocenters. The Morgan fingerprint density at radius 3 is 2.44 bits per heavy atom. The van der Waals surface area contributed by atoms with E-state index >= 15 is 0 Å². The zero-order valence-electron chi connectivity index (χ0n) is 6.48. The summed E-state index contributed by atoms with van der Waals surface area (Å²) in [4.78, 5) is 0. The maximum atomic E-state index is 2.48. The molecule has 0 saturated heterocycles. The quantitative estimate of drug-likeness (QED) is 0.466. The molecule has 2 unspecified atom stereocenters. The number of rotatable bonds is 0. The Labute approximate surface area is 57.6 Å².